The molecule has 0 aromatic carbocycles. The van der Waals surface area contributed by atoms with Crippen molar-refractivity contribution in [3.05, 3.63) is 0 Å². The molecule has 0 aromatic rings. The van der Waals surface area contributed by atoms with E-state index in [9.17, 15) is 39.6 Å². The standard InChI is InChI=1S/C12H18N2O8S/c15-9(16)5-13(6-10(17)18)1-3-23(13)4-2-14(23,7-11(19)20)8-12(21)22/h1-8H2,(H2-2,15,16,17,18,19,20,21,22)/p+2. The van der Waals surface area contributed by atoms with Gasteiger partial charge < -0.3 is 20.4 Å². The van der Waals surface area contributed by atoms with E-state index in [0.717, 1.165) is 0 Å². The molecular formula is C12H20N2O8S+2. The molecule has 2 aliphatic heterocycles. The average Bonchev–Trinajstić information content (AvgIpc) is 2.32. The summed E-state index contributed by atoms with van der Waals surface area (Å²) in [4.78, 5) is 45.0. The average molecular weight is 352 g/mol. The molecule has 2 saturated heterocycles. The second-order valence-corrected chi connectivity index (χ2v) is 9.95. The number of quaternary nitrogens is 2. The van der Waals surface area contributed by atoms with Crippen LogP contribution < -0.4 is 0 Å². The summed E-state index contributed by atoms with van der Waals surface area (Å²) < 4.78 is -0.420. The predicted octanol–water partition coefficient (Wildman–Crippen LogP) is -1.38. The van der Waals surface area contributed by atoms with Crippen molar-refractivity contribution < 1.29 is 47.4 Å². The Morgan fingerprint density at radius 2 is 0.913 bits per heavy atom. The Morgan fingerprint density at radius 1 is 0.652 bits per heavy atom. The van der Waals surface area contributed by atoms with Gasteiger partial charge in [-0.1, -0.05) is 0 Å². The van der Waals surface area contributed by atoms with E-state index in [1.54, 1.807) is 0 Å². The predicted molar refractivity (Wildman–Crippen MR) is 77.6 cm³/mol. The fourth-order valence-corrected chi connectivity index (χ4v) is 9.23. The van der Waals surface area contributed by atoms with Crippen molar-refractivity contribution in [1.29, 1.82) is 0 Å². The van der Waals surface area contributed by atoms with Gasteiger partial charge in [0.25, 0.3) is 0 Å². The zero-order valence-corrected chi connectivity index (χ0v) is 13.2. The summed E-state index contributed by atoms with van der Waals surface area (Å²) in [6, 6.07) is 0. The molecule has 0 unspecified atom stereocenters. The maximum atomic E-state index is 11.2. The lowest BCUT2D eigenvalue weighted by Crippen LogP contribution is -2.81. The van der Waals surface area contributed by atoms with Crippen LogP contribution in [0, 0.1) is 0 Å². The molecule has 0 bridgehead atoms. The van der Waals surface area contributed by atoms with Gasteiger partial charge in [0, 0.05) is 10.4 Å². The zero-order chi connectivity index (χ0) is 17.5. The van der Waals surface area contributed by atoms with E-state index >= 15 is 0 Å². The fraction of sp³-hybridized carbons (Fsp3) is 0.667. The molecule has 2 heterocycles. The second kappa shape index (κ2) is 5.65. The van der Waals surface area contributed by atoms with Gasteiger partial charge in [-0.15, -0.1) is 0 Å². The Bertz CT molecular complexity index is 495. The minimum Gasteiger partial charge on any atom is -0.477 e. The van der Waals surface area contributed by atoms with Gasteiger partial charge in [0.15, 0.2) is 26.2 Å². The Hall–Kier alpha value is -1.85. The lowest BCUT2D eigenvalue weighted by atomic mass is 10.4. The van der Waals surface area contributed by atoms with E-state index in [0.29, 0.717) is 24.6 Å². The van der Waals surface area contributed by atoms with Crippen molar-refractivity contribution in [2.45, 2.75) is 0 Å². The number of hydrogen-bond acceptors (Lipinski definition) is 4. The lowest BCUT2D eigenvalue weighted by molar-refractivity contribution is -0.908. The van der Waals surface area contributed by atoms with Crippen LogP contribution >= 0.6 is 10.4 Å². The van der Waals surface area contributed by atoms with E-state index in [1.165, 1.54) is 0 Å². The largest absolute Gasteiger partial charge is 0.477 e. The third-order valence-electron chi connectivity index (χ3n) is 4.79. The molecule has 1 spiro atoms. The first kappa shape index (κ1) is 17.5. The monoisotopic (exact) mass is 352 g/mol. The van der Waals surface area contributed by atoms with Crippen LogP contribution in [0.15, 0.2) is 0 Å². The Morgan fingerprint density at radius 3 is 1.04 bits per heavy atom. The molecular weight excluding hydrogens is 332 g/mol. The maximum absolute atomic E-state index is 11.2. The van der Waals surface area contributed by atoms with Crippen LogP contribution in [0.1, 0.15) is 0 Å². The number of carboxylic acid groups (broad SMARTS) is 4. The molecule has 0 atom stereocenters. The minimum absolute atomic E-state index is 0.210. The molecule has 2 aliphatic rings. The van der Waals surface area contributed by atoms with E-state index in [4.69, 9.17) is 0 Å². The molecule has 11 heteroatoms. The van der Waals surface area contributed by atoms with Crippen molar-refractivity contribution >= 4 is 34.3 Å². The molecule has 0 aromatic heterocycles. The molecule has 23 heavy (non-hydrogen) atoms. The van der Waals surface area contributed by atoms with Gasteiger partial charge in [-0.2, -0.15) is 0 Å². The second-order valence-electron chi connectivity index (χ2n) is 5.98. The minimum atomic E-state index is -2.03. The first-order chi connectivity index (χ1) is 10.6. The Labute approximate surface area is 133 Å². The summed E-state index contributed by atoms with van der Waals surface area (Å²) in [6.07, 6.45) is 0. The number of nitrogens with zero attached hydrogens (tertiary/aromatic N) is 2. The topological polar surface area (TPSA) is 149 Å². The Balaban J connectivity index is 2.43. The highest BCUT2D eigenvalue weighted by Gasteiger charge is 2.75. The smallest absolute Gasteiger partial charge is 0.360 e. The fourth-order valence-electron chi connectivity index (χ4n) is 3.87. The van der Waals surface area contributed by atoms with E-state index in [-0.39, 0.29) is 7.78 Å². The van der Waals surface area contributed by atoms with Gasteiger partial charge in [-0.3, -0.25) is 0 Å². The molecule has 0 saturated carbocycles. The third-order valence-corrected chi connectivity index (χ3v) is 10.2. The van der Waals surface area contributed by atoms with Crippen LogP contribution in [0.3, 0.4) is 0 Å². The van der Waals surface area contributed by atoms with Crippen molar-refractivity contribution in [3.8, 4) is 0 Å². The highest BCUT2D eigenvalue weighted by molar-refractivity contribution is 8.26. The SMILES string of the molecule is O=C(O)C[N+]1(CC(=O)O)CCS12CC[N+]2(CC(=O)O)CC(=O)O. The molecule has 0 radical (unpaired) electrons. The summed E-state index contributed by atoms with van der Waals surface area (Å²) in [5.74, 6) is -3.62. The van der Waals surface area contributed by atoms with Gasteiger partial charge in [0.05, 0.1) is 0 Å². The molecule has 0 amide bonds. The van der Waals surface area contributed by atoms with Crippen LogP contribution in [-0.2, 0) is 19.2 Å². The van der Waals surface area contributed by atoms with Crippen LogP contribution in [-0.4, -0.2) is 103 Å². The summed E-state index contributed by atoms with van der Waals surface area (Å²) in [5, 5.41) is 36.7. The van der Waals surface area contributed by atoms with E-state index < -0.39 is 60.5 Å². The first-order valence-electron chi connectivity index (χ1n) is 6.97. The van der Waals surface area contributed by atoms with Crippen LogP contribution in [0.4, 0.5) is 0 Å². The highest BCUT2D eigenvalue weighted by atomic mass is 32.3. The van der Waals surface area contributed by atoms with Crippen molar-refractivity contribution in [3.63, 3.8) is 0 Å². The van der Waals surface area contributed by atoms with Gasteiger partial charge >= 0.3 is 23.9 Å². The number of carbonyl (C=O) groups is 4. The number of rotatable bonds is 8. The van der Waals surface area contributed by atoms with Crippen molar-refractivity contribution in [2.75, 3.05) is 50.8 Å². The van der Waals surface area contributed by atoms with Gasteiger partial charge in [0.2, 0.25) is 0 Å². The van der Waals surface area contributed by atoms with E-state index in [1.807, 2.05) is 0 Å². The molecule has 130 valence electrons. The lowest BCUT2D eigenvalue weighted by Gasteiger charge is -2.73. The molecule has 4 N–H and O–H groups in total. The van der Waals surface area contributed by atoms with Crippen LogP contribution in [0.5, 0.6) is 0 Å². The maximum Gasteiger partial charge on any atom is 0.360 e. The van der Waals surface area contributed by atoms with Gasteiger partial charge in [0.1, 0.15) is 24.6 Å². The number of aliphatic carboxylic acids is 4. The van der Waals surface area contributed by atoms with Gasteiger partial charge in [-0.05, 0) is 0 Å². The van der Waals surface area contributed by atoms with E-state index in [2.05, 4.69) is 0 Å². The highest BCUT2D eigenvalue weighted by Crippen LogP contribution is 2.75. The summed E-state index contributed by atoms with van der Waals surface area (Å²) >= 11 is 0. The van der Waals surface area contributed by atoms with Crippen molar-refractivity contribution in [1.82, 2.24) is 0 Å². The van der Waals surface area contributed by atoms with Gasteiger partial charge in [-0.25, -0.2) is 27.0 Å². The molecule has 2 rings (SSSR count). The van der Waals surface area contributed by atoms with Crippen molar-refractivity contribution in [2.24, 2.45) is 0 Å². The Kier molecular flexibility index (Phi) is 4.30. The number of hydrogen-bond donors (Lipinski definition) is 4. The quantitative estimate of drug-likeness (QED) is 0.391. The zero-order valence-electron chi connectivity index (χ0n) is 12.4. The summed E-state index contributed by atoms with van der Waals surface area (Å²) in [7, 11) is -2.03. The summed E-state index contributed by atoms with van der Waals surface area (Å²) in [5.41, 5.74) is 0. The molecule has 0 aliphatic carbocycles. The third kappa shape index (κ3) is 2.64. The summed E-state index contributed by atoms with van der Waals surface area (Å²) in [6.45, 7) is -1.01. The molecule has 10 nitrogen and oxygen atoms in total. The molecule has 2 fully saturated rings. The normalized spacial score (nSPS) is 24.0. The van der Waals surface area contributed by atoms with Crippen LogP contribution in [0.2, 0.25) is 0 Å². The number of carboxylic acids is 4. The first-order valence-corrected chi connectivity index (χ1v) is 8.85. The van der Waals surface area contributed by atoms with Crippen LogP contribution in [0.25, 0.3) is 0 Å².